The van der Waals surface area contributed by atoms with E-state index < -0.39 is 0 Å². The number of aryl methyl sites for hydroxylation is 1. The molecule has 1 aromatic rings. The highest BCUT2D eigenvalue weighted by Crippen LogP contribution is 2.11. The number of carbonyl (C=O) groups excluding carboxylic acids is 1. The number of hydrogen-bond acceptors (Lipinski definition) is 1. The van der Waals surface area contributed by atoms with E-state index in [0.717, 1.165) is 11.3 Å². The van der Waals surface area contributed by atoms with Crippen molar-refractivity contribution in [2.75, 3.05) is 5.32 Å². The molecule has 0 heterocycles. The second-order valence-electron chi connectivity index (χ2n) is 3.39. The number of anilines is 1. The summed E-state index contributed by atoms with van der Waals surface area (Å²) >= 11 is 0. The van der Waals surface area contributed by atoms with Gasteiger partial charge in [0.2, 0.25) is 0 Å². The van der Waals surface area contributed by atoms with Crippen molar-refractivity contribution in [1.29, 1.82) is 0 Å². The number of hydrogen-bond donors (Lipinski definition) is 1. The van der Waals surface area contributed by atoms with Gasteiger partial charge in [0.1, 0.15) is 0 Å². The van der Waals surface area contributed by atoms with Gasteiger partial charge in [0.05, 0.1) is 0 Å². The van der Waals surface area contributed by atoms with Crippen LogP contribution in [0, 0.1) is 6.92 Å². The van der Waals surface area contributed by atoms with E-state index in [1.807, 2.05) is 31.2 Å². The zero-order valence-electron chi connectivity index (χ0n) is 9.36. The van der Waals surface area contributed by atoms with Crippen LogP contribution >= 0.6 is 0 Å². The zero-order chi connectivity index (χ0) is 12.0. The molecule has 0 atom stereocenters. The van der Waals surface area contributed by atoms with Crippen LogP contribution < -0.4 is 5.32 Å². The normalized spacial score (nSPS) is 10.7. The van der Waals surface area contributed by atoms with E-state index in [1.54, 1.807) is 12.2 Å². The van der Waals surface area contributed by atoms with Crippen molar-refractivity contribution >= 4 is 11.6 Å². The summed E-state index contributed by atoms with van der Waals surface area (Å²) in [6.45, 7) is 9.11. The third-order valence-corrected chi connectivity index (χ3v) is 2.06. The Morgan fingerprint density at radius 1 is 1.38 bits per heavy atom. The molecule has 2 heteroatoms. The molecule has 1 aromatic carbocycles. The number of amides is 1. The predicted octanol–water partition coefficient (Wildman–Crippen LogP) is 3.23. The Morgan fingerprint density at radius 2 is 2.12 bits per heavy atom. The number of allylic oxidation sites excluding steroid dienone is 2. The molecule has 0 aliphatic rings. The molecule has 82 valence electrons. The van der Waals surface area contributed by atoms with E-state index in [9.17, 15) is 4.79 Å². The minimum Gasteiger partial charge on any atom is -0.322 e. The Bertz CT molecular complexity index is 444. The first-order valence-electron chi connectivity index (χ1n) is 5.00. The fourth-order valence-corrected chi connectivity index (χ4v) is 1.29. The van der Waals surface area contributed by atoms with Crippen LogP contribution in [0.3, 0.4) is 0 Å². The van der Waals surface area contributed by atoms with Crippen molar-refractivity contribution < 1.29 is 4.79 Å². The number of benzene rings is 1. The summed E-state index contributed by atoms with van der Waals surface area (Å²) in [6.07, 6.45) is 4.69. The van der Waals surface area contributed by atoms with Gasteiger partial charge in [0, 0.05) is 11.3 Å². The SMILES string of the molecule is C=C/C=C(\C=C)C(=O)Nc1cccc(C)c1. The third kappa shape index (κ3) is 3.24. The van der Waals surface area contributed by atoms with Crippen molar-refractivity contribution in [2.45, 2.75) is 6.92 Å². The van der Waals surface area contributed by atoms with Gasteiger partial charge in [-0.3, -0.25) is 4.79 Å². The molecule has 0 aliphatic carbocycles. The van der Waals surface area contributed by atoms with Gasteiger partial charge in [-0.1, -0.05) is 43.5 Å². The van der Waals surface area contributed by atoms with E-state index in [1.165, 1.54) is 6.08 Å². The second-order valence-corrected chi connectivity index (χ2v) is 3.39. The van der Waals surface area contributed by atoms with Gasteiger partial charge < -0.3 is 5.32 Å². The van der Waals surface area contributed by atoms with Gasteiger partial charge in [-0.25, -0.2) is 0 Å². The molecular weight excluding hydrogens is 198 g/mol. The lowest BCUT2D eigenvalue weighted by Gasteiger charge is -2.05. The summed E-state index contributed by atoms with van der Waals surface area (Å²) in [5.41, 5.74) is 2.38. The summed E-state index contributed by atoms with van der Waals surface area (Å²) in [6, 6.07) is 7.63. The summed E-state index contributed by atoms with van der Waals surface area (Å²) in [7, 11) is 0. The monoisotopic (exact) mass is 213 g/mol. The predicted molar refractivity (Wildman–Crippen MR) is 68.3 cm³/mol. The molecule has 0 aliphatic heterocycles. The zero-order valence-corrected chi connectivity index (χ0v) is 9.36. The third-order valence-electron chi connectivity index (χ3n) is 2.06. The van der Waals surface area contributed by atoms with Crippen molar-refractivity contribution in [1.82, 2.24) is 0 Å². The van der Waals surface area contributed by atoms with E-state index in [4.69, 9.17) is 0 Å². The lowest BCUT2D eigenvalue weighted by Crippen LogP contribution is -2.13. The van der Waals surface area contributed by atoms with Crippen LogP contribution in [-0.4, -0.2) is 5.91 Å². The second kappa shape index (κ2) is 5.71. The Hall–Kier alpha value is -2.09. The van der Waals surface area contributed by atoms with E-state index in [-0.39, 0.29) is 5.91 Å². The molecule has 1 N–H and O–H groups in total. The van der Waals surface area contributed by atoms with Gasteiger partial charge in [0.15, 0.2) is 0 Å². The van der Waals surface area contributed by atoms with Crippen molar-refractivity contribution in [3.63, 3.8) is 0 Å². The summed E-state index contributed by atoms with van der Waals surface area (Å²) in [4.78, 5) is 11.7. The molecule has 0 spiro atoms. The standard InChI is InChI=1S/C14H15NO/c1-4-7-12(5-2)14(16)15-13-9-6-8-11(3)10-13/h4-10H,1-2H2,3H3,(H,15,16)/b12-7+. The maximum Gasteiger partial charge on any atom is 0.255 e. The molecule has 0 saturated carbocycles. The molecule has 0 fully saturated rings. The van der Waals surface area contributed by atoms with Crippen LogP contribution in [0.2, 0.25) is 0 Å². The first kappa shape index (κ1) is 12.0. The topological polar surface area (TPSA) is 29.1 Å². The highest BCUT2D eigenvalue weighted by atomic mass is 16.1. The van der Waals surface area contributed by atoms with Crippen molar-refractivity contribution in [2.24, 2.45) is 0 Å². The highest BCUT2D eigenvalue weighted by Gasteiger charge is 2.04. The van der Waals surface area contributed by atoms with Crippen LogP contribution in [-0.2, 0) is 4.79 Å². The Kier molecular flexibility index (Phi) is 4.28. The van der Waals surface area contributed by atoms with Crippen LogP contribution in [0.5, 0.6) is 0 Å². The van der Waals surface area contributed by atoms with Gasteiger partial charge >= 0.3 is 0 Å². The molecule has 0 bridgehead atoms. The Morgan fingerprint density at radius 3 is 2.69 bits per heavy atom. The molecular formula is C14H15NO. The molecule has 1 rings (SSSR count). The summed E-state index contributed by atoms with van der Waals surface area (Å²) in [5.74, 6) is -0.180. The number of nitrogens with one attached hydrogen (secondary N) is 1. The fraction of sp³-hybridized carbons (Fsp3) is 0.0714. The molecule has 0 saturated heterocycles. The van der Waals surface area contributed by atoms with E-state index >= 15 is 0 Å². The smallest absolute Gasteiger partial charge is 0.255 e. The molecule has 0 radical (unpaired) electrons. The number of rotatable bonds is 4. The lowest BCUT2D eigenvalue weighted by atomic mass is 10.2. The quantitative estimate of drug-likeness (QED) is 0.603. The van der Waals surface area contributed by atoms with Gasteiger partial charge in [-0.15, -0.1) is 0 Å². The summed E-state index contributed by atoms with van der Waals surface area (Å²) in [5, 5.41) is 2.79. The maximum atomic E-state index is 11.7. The molecule has 0 unspecified atom stereocenters. The molecule has 1 amide bonds. The average Bonchev–Trinajstić information content (AvgIpc) is 2.25. The maximum absolute atomic E-state index is 11.7. The minimum absolute atomic E-state index is 0.180. The van der Waals surface area contributed by atoms with E-state index in [0.29, 0.717) is 5.57 Å². The van der Waals surface area contributed by atoms with Crippen LogP contribution in [0.1, 0.15) is 5.56 Å². The molecule has 2 nitrogen and oxygen atoms in total. The first-order valence-corrected chi connectivity index (χ1v) is 5.00. The highest BCUT2D eigenvalue weighted by molar-refractivity contribution is 6.05. The minimum atomic E-state index is -0.180. The average molecular weight is 213 g/mol. The van der Waals surface area contributed by atoms with Gasteiger partial charge in [-0.2, -0.15) is 0 Å². The van der Waals surface area contributed by atoms with Crippen LogP contribution in [0.25, 0.3) is 0 Å². The van der Waals surface area contributed by atoms with Crippen LogP contribution in [0.4, 0.5) is 5.69 Å². The molecule has 0 aromatic heterocycles. The summed E-state index contributed by atoms with van der Waals surface area (Å²) < 4.78 is 0. The lowest BCUT2D eigenvalue weighted by molar-refractivity contribution is -0.112. The first-order chi connectivity index (χ1) is 7.67. The van der Waals surface area contributed by atoms with Gasteiger partial charge in [0.25, 0.3) is 5.91 Å². The molecule has 16 heavy (non-hydrogen) atoms. The van der Waals surface area contributed by atoms with Crippen molar-refractivity contribution in [3.05, 3.63) is 66.8 Å². The van der Waals surface area contributed by atoms with Crippen molar-refractivity contribution in [3.8, 4) is 0 Å². The van der Waals surface area contributed by atoms with E-state index in [2.05, 4.69) is 18.5 Å². The fourth-order valence-electron chi connectivity index (χ4n) is 1.29. The van der Waals surface area contributed by atoms with Gasteiger partial charge in [-0.05, 0) is 24.6 Å². The largest absolute Gasteiger partial charge is 0.322 e. The van der Waals surface area contributed by atoms with Crippen LogP contribution in [0.15, 0.2) is 61.2 Å². The Labute approximate surface area is 96.0 Å². The Balaban J connectivity index is 2.82. The number of carbonyl (C=O) groups is 1.